The van der Waals surface area contributed by atoms with E-state index < -0.39 is 0 Å². The van der Waals surface area contributed by atoms with Crippen molar-refractivity contribution in [2.75, 3.05) is 13.7 Å². The molecular formula is C18H20N2O2. The normalized spacial score (nSPS) is 12.5. The summed E-state index contributed by atoms with van der Waals surface area (Å²) < 4.78 is 11.3. The second-order valence-electron chi connectivity index (χ2n) is 5.27. The van der Waals surface area contributed by atoms with Gasteiger partial charge in [-0.1, -0.05) is 18.2 Å². The van der Waals surface area contributed by atoms with Crippen LogP contribution in [0.15, 0.2) is 53.1 Å². The Labute approximate surface area is 130 Å². The number of hydrogen-bond acceptors (Lipinski definition) is 4. The van der Waals surface area contributed by atoms with Gasteiger partial charge < -0.3 is 14.5 Å². The molecule has 1 atom stereocenters. The van der Waals surface area contributed by atoms with Crippen LogP contribution in [0.4, 0.5) is 0 Å². The van der Waals surface area contributed by atoms with E-state index in [1.54, 1.807) is 7.11 Å². The molecule has 114 valence electrons. The number of fused-ring (bicyclic) bond motifs is 1. The van der Waals surface area contributed by atoms with Crippen LogP contribution in [-0.4, -0.2) is 18.6 Å². The maximum atomic E-state index is 5.95. The van der Waals surface area contributed by atoms with Crippen molar-refractivity contribution in [1.29, 1.82) is 0 Å². The number of methoxy groups -OCH3 is 1. The molecule has 3 rings (SSSR count). The Hall–Kier alpha value is -2.33. The molecule has 0 bridgehead atoms. The van der Waals surface area contributed by atoms with Gasteiger partial charge in [0.1, 0.15) is 5.76 Å². The lowest BCUT2D eigenvalue weighted by Crippen LogP contribution is -2.21. The molecule has 0 aliphatic rings. The highest BCUT2D eigenvalue weighted by Gasteiger charge is 2.13. The second-order valence-corrected chi connectivity index (χ2v) is 5.27. The summed E-state index contributed by atoms with van der Waals surface area (Å²) in [6.07, 6.45) is 2.72. The summed E-state index contributed by atoms with van der Waals surface area (Å²) in [4.78, 5) is 4.33. The molecule has 4 heteroatoms. The third-order valence-corrected chi connectivity index (χ3v) is 3.73. The number of nitrogens with zero attached hydrogens (tertiary/aromatic N) is 1. The van der Waals surface area contributed by atoms with Crippen LogP contribution in [0.1, 0.15) is 24.4 Å². The predicted molar refractivity (Wildman–Crippen MR) is 87.1 cm³/mol. The molecule has 1 aromatic carbocycles. The van der Waals surface area contributed by atoms with Crippen molar-refractivity contribution in [3.8, 4) is 5.75 Å². The van der Waals surface area contributed by atoms with E-state index in [1.807, 2.05) is 42.6 Å². The summed E-state index contributed by atoms with van der Waals surface area (Å²) in [5.74, 6) is 1.69. The summed E-state index contributed by atoms with van der Waals surface area (Å²) in [7, 11) is 1.66. The molecule has 0 spiro atoms. The minimum atomic E-state index is 0.140. The van der Waals surface area contributed by atoms with E-state index in [2.05, 4.69) is 23.3 Å². The molecule has 3 aromatic rings. The number of benzene rings is 1. The van der Waals surface area contributed by atoms with Gasteiger partial charge in [-0.05, 0) is 31.2 Å². The van der Waals surface area contributed by atoms with Gasteiger partial charge in [0, 0.05) is 30.2 Å². The molecular weight excluding hydrogens is 276 g/mol. The first-order chi connectivity index (χ1) is 10.8. The first kappa shape index (κ1) is 14.6. The van der Waals surface area contributed by atoms with Gasteiger partial charge in [0.15, 0.2) is 11.3 Å². The van der Waals surface area contributed by atoms with Crippen LogP contribution in [0.25, 0.3) is 11.0 Å². The fourth-order valence-corrected chi connectivity index (χ4v) is 2.49. The Morgan fingerprint density at radius 2 is 2.14 bits per heavy atom. The van der Waals surface area contributed by atoms with E-state index in [0.717, 1.165) is 41.1 Å². The molecule has 2 heterocycles. The third-order valence-electron chi connectivity index (χ3n) is 3.73. The zero-order valence-electron chi connectivity index (χ0n) is 12.9. The Balaban J connectivity index is 1.66. The van der Waals surface area contributed by atoms with Gasteiger partial charge in [0.2, 0.25) is 0 Å². The van der Waals surface area contributed by atoms with E-state index in [1.165, 1.54) is 0 Å². The summed E-state index contributed by atoms with van der Waals surface area (Å²) in [5.41, 5.74) is 1.90. The van der Waals surface area contributed by atoms with Crippen molar-refractivity contribution < 1.29 is 9.15 Å². The van der Waals surface area contributed by atoms with E-state index in [9.17, 15) is 0 Å². The lowest BCUT2D eigenvalue weighted by atomic mass is 10.2. The largest absolute Gasteiger partial charge is 0.493 e. The number of rotatable bonds is 6. The molecule has 1 N–H and O–H groups in total. The maximum Gasteiger partial charge on any atom is 0.176 e. The Kier molecular flexibility index (Phi) is 4.39. The molecule has 0 unspecified atom stereocenters. The van der Waals surface area contributed by atoms with Crippen molar-refractivity contribution in [2.24, 2.45) is 0 Å². The second kappa shape index (κ2) is 6.62. The van der Waals surface area contributed by atoms with Crippen LogP contribution in [0.2, 0.25) is 0 Å². The highest BCUT2D eigenvalue weighted by molar-refractivity contribution is 5.83. The molecule has 0 aliphatic carbocycles. The van der Waals surface area contributed by atoms with Crippen LogP contribution in [0, 0.1) is 0 Å². The fraction of sp³-hybridized carbons (Fsp3) is 0.278. The number of furan rings is 1. The van der Waals surface area contributed by atoms with Crippen molar-refractivity contribution in [3.63, 3.8) is 0 Å². The number of ether oxygens (including phenoxy) is 1. The Bertz CT molecular complexity index is 737. The molecule has 0 saturated heterocycles. The quantitative estimate of drug-likeness (QED) is 0.753. The van der Waals surface area contributed by atoms with Gasteiger partial charge in [0.25, 0.3) is 0 Å². The van der Waals surface area contributed by atoms with Crippen molar-refractivity contribution in [3.05, 3.63) is 60.1 Å². The average molecular weight is 296 g/mol. The monoisotopic (exact) mass is 296 g/mol. The van der Waals surface area contributed by atoms with Crippen molar-refractivity contribution in [2.45, 2.75) is 19.4 Å². The molecule has 0 fully saturated rings. The first-order valence-corrected chi connectivity index (χ1v) is 7.47. The first-order valence-electron chi connectivity index (χ1n) is 7.47. The van der Waals surface area contributed by atoms with Gasteiger partial charge >= 0.3 is 0 Å². The number of nitrogens with one attached hydrogen (secondary N) is 1. The minimum absolute atomic E-state index is 0.140. The zero-order valence-corrected chi connectivity index (χ0v) is 12.9. The van der Waals surface area contributed by atoms with Crippen LogP contribution in [0.3, 0.4) is 0 Å². The highest BCUT2D eigenvalue weighted by Crippen LogP contribution is 2.30. The highest BCUT2D eigenvalue weighted by atomic mass is 16.5. The number of hydrogen-bond donors (Lipinski definition) is 1. The van der Waals surface area contributed by atoms with Crippen molar-refractivity contribution in [1.82, 2.24) is 10.3 Å². The molecule has 2 aromatic heterocycles. The van der Waals surface area contributed by atoms with Gasteiger partial charge in [-0.2, -0.15) is 0 Å². The maximum absolute atomic E-state index is 5.95. The smallest absolute Gasteiger partial charge is 0.176 e. The Morgan fingerprint density at radius 3 is 2.91 bits per heavy atom. The van der Waals surface area contributed by atoms with Crippen LogP contribution < -0.4 is 10.1 Å². The predicted octanol–water partition coefficient (Wildman–Crippen LogP) is 3.73. The molecule has 0 radical (unpaired) electrons. The van der Waals surface area contributed by atoms with Gasteiger partial charge in [-0.3, -0.25) is 4.98 Å². The van der Waals surface area contributed by atoms with Gasteiger partial charge in [-0.25, -0.2) is 0 Å². The fourth-order valence-electron chi connectivity index (χ4n) is 2.49. The lowest BCUT2D eigenvalue weighted by Gasteiger charge is -2.10. The van der Waals surface area contributed by atoms with E-state index in [0.29, 0.717) is 0 Å². The van der Waals surface area contributed by atoms with E-state index >= 15 is 0 Å². The minimum Gasteiger partial charge on any atom is -0.493 e. The zero-order chi connectivity index (χ0) is 15.4. The number of aromatic nitrogens is 1. The molecule has 0 aliphatic heterocycles. The van der Waals surface area contributed by atoms with Crippen molar-refractivity contribution >= 4 is 11.0 Å². The SMILES string of the molecule is COc1cccc2cc([C@@H](C)NCCc3ccccn3)oc12. The van der Waals surface area contributed by atoms with Gasteiger partial charge in [-0.15, -0.1) is 0 Å². The van der Waals surface area contributed by atoms with Crippen LogP contribution in [0.5, 0.6) is 5.75 Å². The standard InChI is InChI=1S/C18H20N2O2/c1-13(19-11-9-15-7-3-4-10-20-15)17-12-14-6-5-8-16(21-2)18(14)22-17/h3-8,10,12-13,19H,9,11H2,1-2H3/t13-/m1/s1. The third kappa shape index (κ3) is 3.12. The molecule has 0 amide bonds. The van der Waals surface area contributed by atoms with Crippen LogP contribution >= 0.6 is 0 Å². The van der Waals surface area contributed by atoms with Gasteiger partial charge in [0.05, 0.1) is 13.2 Å². The molecule has 22 heavy (non-hydrogen) atoms. The lowest BCUT2D eigenvalue weighted by molar-refractivity contribution is 0.400. The van der Waals surface area contributed by atoms with Crippen LogP contribution in [-0.2, 0) is 6.42 Å². The summed E-state index contributed by atoms with van der Waals surface area (Å²) in [6.45, 7) is 2.95. The van der Waals surface area contributed by atoms with E-state index in [4.69, 9.17) is 9.15 Å². The summed E-state index contributed by atoms with van der Waals surface area (Å²) >= 11 is 0. The topological polar surface area (TPSA) is 47.3 Å². The summed E-state index contributed by atoms with van der Waals surface area (Å²) in [6, 6.07) is 14.1. The molecule has 0 saturated carbocycles. The summed E-state index contributed by atoms with van der Waals surface area (Å²) in [5, 5.41) is 4.53. The average Bonchev–Trinajstić information content (AvgIpc) is 3.00. The Morgan fingerprint density at radius 1 is 1.23 bits per heavy atom. The van der Waals surface area contributed by atoms with E-state index in [-0.39, 0.29) is 6.04 Å². The molecule has 4 nitrogen and oxygen atoms in total. The number of para-hydroxylation sites is 1. The number of pyridine rings is 1.